The van der Waals surface area contributed by atoms with E-state index in [1.54, 1.807) is 0 Å². The first-order chi connectivity index (χ1) is 16.0. The Hall–Kier alpha value is -3.36. The maximum Gasteiger partial charge on any atom is 0.314 e. The van der Waals surface area contributed by atoms with Crippen LogP contribution in [0, 0.1) is 21.7 Å². The van der Waals surface area contributed by atoms with Crippen molar-refractivity contribution < 1.29 is 18.4 Å². The Bertz CT molecular complexity index is 1080. The third kappa shape index (κ3) is 5.71. The first-order valence-electron chi connectivity index (χ1n) is 10.8. The van der Waals surface area contributed by atoms with Gasteiger partial charge in [-0.25, -0.2) is 4.39 Å². The lowest BCUT2D eigenvalue weighted by atomic mass is 10.1. The standard InChI is InChI=1S/C25H25F2N3O3/c26-22-11-12-23(30(31)32)25(24(22)27)33-18-21-17-28(15-19-7-3-1-4-8-19)13-14-29(21)16-20-9-5-2-6-10-20/h1-12,21H,13-18H2. The fraction of sp³-hybridized carbons (Fsp3) is 0.280. The Morgan fingerprint density at radius 3 is 2.18 bits per heavy atom. The Morgan fingerprint density at radius 1 is 0.909 bits per heavy atom. The van der Waals surface area contributed by atoms with Crippen molar-refractivity contribution in [3.8, 4) is 5.75 Å². The molecule has 1 saturated heterocycles. The lowest BCUT2D eigenvalue weighted by Gasteiger charge is -2.41. The van der Waals surface area contributed by atoms with Gasteiger partial charge in [-0.3, -0.25) is 19.9 Å². The van der Waals surface area contributed by atoms with Gasteiger partial charge in [0.05, 0.1) is 11.0 Å². The molecule has 0 saturated carbocycles. The Balaban J connectivity index is 1.52. The molecular formula is C25H25F2N3O3. The topological polar surface area (TPSA) is 58.9 Å². The third-order valence-corrected chi connectivity index (χ3v) is 5.81. The van der Waals surface area contributed by atoms with Gasteiger partial charge in [-0.1, -0.05) is 60.7 Å². The molecule has 1 aliphatic heterocycles. The Labute approximate surface area is 191 Å². The number of nitrogens with zero attached hydrogens (tertiary/aromatic N) is 3. The number of benzene rings is 3. The number of ether oxygens (including phenoxy) is 1. The summed E-state index contributed by atoms with van der Waals surface area (Å²) in [6, 6.07) is 21.5. The summed E-state index contributed by atoms with van der Waals surface area (Å²) in [6.45, 7) is 3.65. The van der Waals surface area contributed by atoms with Crippen LogP contribution in [0.15, 0.2) is 72.8 Å². The van der Waals surface area contributed by atoms with E-state index in [1.807, 2.05) is 48.5 Å². The van der Waals surface area contributed by atoms with E-state index >= 15 is 0 Å². The number of nitro groups is 1. The number of nitro benzene ring substituents is 1. The number of hydrogen-bond donors (Lipinski definition) is 0. The lowest BCUT2D eigenvalue weighted by Crippen LogP contribution is -2.54. The highest BCUT2D eigenvalue weighted by Crippen LogP contribution is 2.32. The summed E-state index contributed by atoms with van der Waals surface area (Å²) in [7, 11) is 0. The first kappa shape index (κ1) is 22.8. The molecule has 8 heteroatoms. The summed E-state index contributed by atoms with van der Waals surface area (Å²) in [5, 5.41) is 11.3. The zero-order valence-corrected chi connectivity index (χ0v) is 18.1. The van der Waals surface area contributed by atoms with Gasteiger partial charge in [0, 0.05) is 38.8 Å². The molecule has 3 aromatic rings. The van der Waals surface area contributed by atoms with Crippen molar-refractivity contribution in [3.63, 3.8) is 0 Å². The van der Waals surface area contributed by atoms with Gasteiger partial charge >= 0.3 is 5.69 Å². The molecule has 0 bridgehead atoms. The van der Waals surface area contributed by atoms with Crippen LogP contribution in [-0.4, -0.2) is 47.0 Å². The SMILES string of the molecule is O=[N+]([O-])c1ccc(F)c(F)c1OCC1CN(Cc2ccccc2)CCN1Cc1ccccc1. The fourth-order valence-corrected chi connectivity index (χ4v) is 4.11. The molecule has 0 spiro atoms. The summed E-state index contributed by atoms with van der Waals surface area (Å²) >= 11 is 0. The summed E-state index contributed by atoms with van der Waals surface area (Å²) in [6.07, 6.45) is 0. The predicted octanol–water partition coefficient (Wildman–Crippen LogP) is 4.64. The van der Waals surface area contributed by atoms with Gasteiger partial charge < -0.3 is 4.74 Å². The average Bonchev–Trinajstić information content (AvgIpc) is 2.82. The van der Waals surface area contributed by atoms with E-state index in [9.17, 15) is 18.9 Å². The van der Waals surface area contributed by atoms with Crippen molar-refractivity contribution in [1.29, 1.82) is 0 Å². The van der Waals surface area contributed by atoms with Crippen LogP contribution in [0.4, 0.5) is 14.5 Å². The highest BCUT2D eigenvalue weighted by Gasteiger charge is 2.30. The molecular weight excluding hydrogens is 428 g/mol. The van der Waals surface area contributed by atoms with Crippen LogP contribution in [0.3, 0.4) is 0 Å². The second-order valence-corrected chi connectivity index (χ2v) is 8.11. The van der Waals surface area contributed by atoms with E-state index in [1.165, 1.54) is 5.56 Å². The second-order valence-electron chi connectivity index (χ2n) is 8.11. The normalized spacial score (nSPS) is 17.1. The molecule has 4 rings (SSSR count). The van der Waals surface area contributed by atoms with Crippen LogP contribution in [-0.2, 0) is 13.1 Å². The molecule has 172 valence electrons. The van der Waals surface area contributed by atoms with Gasteiger partial charge in [0.15, 0.2) is 5.82 Å². The third-order valence-electron chi connectivity index (χ3n) is 5.81. The van der Waals surface area contributed by atoms with E-state index < -0.39 is 28.0 Å². The highest BCUT2D eigenvalue weighted by atomic mass is 19.2. The smallest absolute Gasteiger partial charge is 0.314 e. The minimum absolute atomic E-state index is 0.000658. The number of rotatable bonds is 8. The molecule has 0 amide bonds. The molecule has 1 atom stereocenters. The molecule has 0 aromatic heterocycles. The van der Waals surface area contributed by atoms with Crippen LogP contribution in [0.5, 0.6) is 5.75 Å². The van der Waals surface area contributed by atoms with Crippen LogP contribution < -0.4 is 4.74 Å². The zero-order chi connectivity index (χ0) is 23.2. The van der Waals surface area contributed by atoms with Crippen molar-refractivity contribution in [2.45, 2.75) is 19.1 Å². The average molecular weight is 453 g/mol. The first-order valence-corrected chi connectivity index (χ1v) is 10.8. The number of halogens is 2. The maximum absolute atomic E-state index is 14.4. The van der Waals surface area contributed by atoms with Gasteiger partial charge in [-0.2, -0.15) is 4.39 Å². The Kier molecular flexibility index (Phi) is 7.26. The van der Waals surface area contributed by atoms with Gasteiger partial charge in [0.25, 0.3) is 0 Å². The largest absolute Gasteiger partial charge is 0.483 e. The van der Waals surface area contributed by atoms with Gasteiger partial charge in [-0.15, -0.1) is 0 Å². The van der Waals surface area contributed by atoms with Crippen LogP contribution >= 0.6 is 0 Å². The summed E-state index contributed by atoms with van der Waals surface area (Å²) in [4.78, 5) is 15.1. The van der Waals surface area contributed by atoms with Crippen molar-refractivity contribution in [1.82, 2.24) is 9.80 Å². The lowest BCUT2D eigenvalue weighted by molar-refractivity contribution is -0.386. The van der Waals surface area contributed by atoms with Crippen molar-refractivity contribution in [3.05, 3.63) is 106 Å². The number of hydrogen-bond acceptors (Lipinski definition) is 5. The molecule has 6 nitrogen and oxygen atoms in total. The van der Waals surface area contributed by atoms with E-state index in [0.29, 0.717) is 13.1 Å². The summed E-state index contributed by atoms with van der Waals surface area (Å²) in [5.74, 6) is -3.17. The minimum atomic E-state index is -1.34. The monoisotopic (exact) mass is 453 g/mol. The molecule has 0 radical (unpaired) electrons. The molecule has 1 heterocycles. The van der Waals surface area contributed by atoms with Crippen LogP contribution in [0.2, 0.25) is 0 Å². The molecule has 0 N–H and O–H groups in total. The summed E-state index contributed by atoms with van der Waals surface area (Å²) in [5.41, 5.74) is 1.72. The molecule has 33 heavy (non-hydrogen) atoms. The van der Waals surface area contributed by atoms with Crippen molar-refractivity contribution >= 4 is 5.69 Å². The second kappa shape index (κ2) is 10.5. The van der Waals surface area contributed by atoms with Gasteiger partial charge in [0.2, 0.25) is 11.6 Å². The molecule has 1 aliphatic rings. The highest BCUT2D eigenvalue weighted by molar-refractivity contribution is 5.47. The molecule has 1 unspecified atom stereocenters. The van der Waals surface area contributed by atoms with E-state index in [0.717, 1.165) is 37.3 Å². The Morgan fingerprint density at radius 2 is 1.55 bits per heavy atom. The molecule has 1 fully saturated rings. The van der Waals surface area contributed by atoms with Crippen molar-refractivity contribution in [2.75, 3.05) is 26.2 Å². The molecule has 3 aromatic carbocycles. The van der Waals surface area contributed by atoms with Gasteiger partial charge in [-0.05, 0) is 17.2 Å². The zero-order valence-electron chi connectivity index (χ0n) is 18.1. The van der Waals surface area contributed by atoms with E-state index in [-0.39, 0.29) is 12.6 Å². The predicted molar refractivity (Wildman–Crippen MR) is 121 cm³/mol. The van der Waals surface area contributed by atoms with Crippen molar-refractivity contribution in [2.24, 2.45) is 0 Å². The summed E-state index contributed by atoms with van der Waals surface area (Å²) < 4.78 is 33.7. The maximum atomic E-state index is 14.4. The van der Waals surface area contributed by atoms with Crippen LogP contribution in [0.1, 0.15) is 11.1 Å². The van der Waals surface area contributed by atoms with Gasteiger partial charge in [0.1, 0.15) is 6.61 Å². The number of piperazine rings is 1. The van der Waals surface area contributed by atoms with E-state index in [4.69, 9.17) is 4.74 Å². The van der Waals surface area contributed by atoms with Crippen LogP contribution in [0.25, 0.3) is 0 Å². The molecule has 0 aliphatic carbocycles. The minimum Gasteiger partial charge on any atom is -0.483 e. The quantitative estimate of drug-likeness (QED) is 0.367. The van der Waals surface area contributed by atoms with E-state index in [2.05, 4.69) is 21.9 Å². The fourth-order valence-electron chi connectivity index (χ4n) is 4.11.